The first-order valence-electron chi connectivity index (χ1n) is 13.8. The molecule has 0 saturated carbocycles. The van der Waals surface area contributed by atoms with Crippen LogP contribution in [0.1, 0.15) is 32.0 Å². The molecule has 0 aliphatic carbocycles. The number of thiazole rings is 1. The normalized spacial score (nSPS) is 21.3. The molecule has 3 amide bonds. The number of aryl methyl sites for hydroxylation is 1. The Morgan fingerprint density at radius 3 is 2.57 bits per heavy atom. The van der Waals surface area contributed by atoms with Crippen molar-refractivity contribution in [3.05, 3.63) is 53.2 Å². The third-order valence-electron chi connectivity index (χ3n) is 6.60. The van der Waals surface area contributed by atoms with Crippen LogP contribution in [0.4, 0.5) is 5.13 Å². The standard InChI is InChI=1S/C28H31N5O11S3/c1-16-5-7-17(8-6-16)47(40,41)43-10-9-28(25(38)39)13-33-23(37)21(24(33)46-14-28)31-22(36)20(18-12-45-26(30-18)29-15-34)32-42-11-19(35)44-27(2,3)4/h5-10,12,15,21,24H,11,13-14H2,1-4H3,(H,31,36)(H,38,39)(H,29,30,34)/t21?,24-,28?/m1/s1. The number of aliphatic carboxylic acids is 1. The maximum absolute atomic E-state index is 13.3. The van der Waals surface area contributed by atoms with E-state index in [9.17, 15) is 37.5 Å². The van der Waals surface area contributed by atoms with Gasteiger partial charge in [-0.2, -0.15) is 8.42 Å². The number of ether oxygens (including phenoxy) is 1. The van der Waals surface area contributed by atoms with Crippen molar-refractivity contribution in [2.24, 2.45) is 10.6 Å². The van der Waals surface area contributed by atoms with Crippen LogP contribution in [-0.4, -0.2) is 95.2 Å². The molecule has 4 rings (SSSR count). The third kappa shape index (κ3) is 8.46. The molecule has 2 aromatic rings. The predicted octanol–water partition coefficient (Wildman–Crippen LogP) is 1.47. The van der Waals surface area contributed by atoms with Crippen molar-refractivity contribution in [3.8, 4) is 0 Å². The number of rotatable bonds is 13. The summed E-state index contributed by atoms with van der Waals surface area (Å²) >= 11 is 2.05. The first-order chi connectivity index (χ1) is 22.0. The zero-order valence-electron chi connectivity index (χ0n) is 25.5. The van der Waals surface area contributed by atoms with Crippen LogP contribution in [-0.2, 0) is 47.8 Å². The van der Waals surface area contributed by atoms with Crippen LogP contribution >= 0.6 is 23.1 Å². The van der Waals surface area contributed by atoms with Gasteiger partial charge in [0.1, 0.15) is 39.3 Å². The average Bonchev–Trinajstić information content (AvgIpc) is 3.45. The van der Waals surface area contributed by atoms with E-state index in [0.29, 0.717) is 6.41 Å². The lowest BCUT2D eigenvalue weighted by Gasteiger charge is -2.53. The zero-order valence-corrected chi connectivity index (χ0v) is 27.9. The summed E-state index contributed by atoms with van der Waals surface area (Å²) < 4.78 is 35.2. The van der Waals surface area contributed by atoms with E-state index in [4.69, 9.17) is 13.8 Å². The fourth-order valence-electron chi connectivity index (χ4n) is 4.32. The van der Waals surface area contributed by atoms with E-state index < -0.39 is 68.6 Å². The summed E-state index contributed by atoms with van der Waals surface area (Å²) in [5.41, 5.74) is -2.05. The first-order valence-corrected chi connectivity index (χ1v) is 17.1. The SMILES string of the molecule is Cc1ccc(S(=O)(=O)OC=CC2(C(=O)O)CS[C@@H]3C(NC(=O)C(=NOCC(=O)OC(C)(C)C)c4csc(NC=O)n4)C(=O)N3C2)cc1. The van der Waals surface area contributed by atoms with Gasteiger partial charge < -0.3 is 34.4 Å². The molecule has 2 saturated heterocycles. The van der Waals surface area contributed by atoms with Crippen LogP contribution in [0.15, 0.2) is 52.0 Å². The molecule has 3 heterocycles. The molecule has 2 aliphatic rings. The number of aromatic nitrogens is 1. The summed E-state index contributed by atoms with van der Waals surface area (Å²) in [7, 11) is -4.21. The van der Waals surface area contributed by atoms with Crippen LogP contribution in [0, 0.1) is 12.3 Å². The number of fused-ring (bicyclic) bond motifs is 1. The second-order valence-corrected chi connectivity index (χ2v) is 14.9. The first kappa shape index (κ1) is 35.4. The highest BCUT2D eigenvalue weighted by molar-refractivity contribution is 8.00. The number of carboxylic acid groups (broad SMARTS) is 1. The number of thioether (sulfide) groups is 1. The van der Waals surface area contributed by atoms with Crippen LogP contribution in [0.2, 0.25) is 0 Å². The Balaban J connectivity index is 1.44. The van der Waals surface area contributed by atoms with Gasteiger partial charge in [0.15, 0.2) is 10.8 Å². The highest BCUT2D eigenvalue weighted by atomic mass is 32.2. The number of anilines is 1. The summed E-state index contributed by atoms with van der Waals surface area (Å²) in [5.74, 6) is -3.63. The van der Waals surface area contributed by atoms with E-state index >= 15 is 0 Å². The van der Waals surface area contributed by atoms with Gasteiger partial charge in [-0.25, -0.2) is 9.78 Å². The minimum Gasteiger partial charge on any atom is -0.481 e. The molecule has 0 bridgehead atoms. The van der Waals surface area contributed by atoms with Crippen LogP contribution in [0.5, 0.6) is 0 Å². The predicted molar refractivity (Wildman–Crippen MR) is 169 cm³/mol. The Labute approximate surface area is 277 Å². The number of hydrogen-bond donors (Lipinski definition) is 3. The average molecular weight is 710 g/mol. The number of amides is 3. The largest absolute Gasteiger partial charge is 0.481 e. The minimum atomic E-state index is -4.21. The van der Waals surface area contributed by atoms with Gasteiger partial charge in [0, 0.05) is 17.7 Å². The molecule has 47 heavy (non-hydrogen) atoms. The lowest BCUT2D eigenvalue weighted by atomic mass is 9.87. The van der Waals surface area contributed by atoms with Crippen molar-refractivity contribution in [2.45, 2.75) is 49.6 Å². The Morgan fingerprint density at radius 2 is 1.94 bits per heavy atom. The number of carbonyl (C=O) groups is 5. The van der Waals surface area contributed by atoms with Crippen molar-refractivity contribution < 1.29 is 51.3 Å². The van der Waals surface area contributed by atoms with E-state index in [1.807, 2.05) is 0 Å². The second kappa shape index (κ2) is 14.1. The number of nitrogens with zero attached hydrogens (tertiary/aromatic N) is 3. The highest BCUT2D eigenvalue weighted by Gasteiger charge is 2.57. The van der Waals surface area contributed by atoms with E-state index in [0.717, 1.165) is 41.0 Å². The van der Waals surface area contributed by atoms with Gasteiger partial charge in [0.2, 0.25) is 18.9 Å². The summed E-state index contributed by atoms with van der Waals surface area (Å²) in [6.45, 7) is 5.82. The number of oxime groups is 1. The van der Waals surface area contributed by atoms with Crippen molar-refractivity contribution in [3.63, 3.8) is 0 Å². The van der Waals surface area contributed by atoms with Gasteiger partial charge in [-0.05, 0) is 45.9 Å². The lowest BCUT2D eigenvalue weighted by molar-refractivity contribution is -0.160. The molecule has 2 aliphatic heterocycles. The highest BCUT2D eigenvalue weighted by Crippen LogP contribution is 2.43. The van der Waals surface area contributed by atoms with Crippen LogP contribution < -0.4 is 10.6 Å². The van der Waals surface area contributed by atoms with Gasteiger partial charge in [-0.1, -0.05) is 22.9 Å². The number of hydrogen-bond acceptors (Lipinski definition) is 14. The quantitative estimate of drug-likeness (QED) is 0.0511. The number of β-lactam (4-membered cyclic amide) rings is 1. The molecule has 252 valence electrons. The van der Waals surface area contributed by atoms with E-state index in [1.165, 1.54) is 22.4 Å². The maximum Gasteiger partial charge on any atom is 0.347 e. The molecule has 1 aromatic heterocycles. The molecular formula is C28H31N5O11S3. The van der Waals surface area contributed by atoms with E-state index in [-0.39, 0.29) is 28.0 Å². The molecule has 16 nitrogen and oxygen atoms in total. The third-order valence-corrected chi connectivity index (χ3v) is 10.1. The van der Waals surface area contributed by atoms with E-state index in [1.54, 1.807) is 39.8 Å². The van der Waals surface area contributed by atoms with Crippen LogP contribution in [0.3, 0.4) is 0 Å². The maximum atomic E-state index is 13.3. The summed E-state index contributed by atoms with van der Waals surface area (Å²) in [5, 5.41) is 19.6. The van der Waals surface area contributed by atoms with Gasteiger partial charge >= 0.3 is 22.1 Å². The number of carboxylic acids is 1. The molecule has 2 fully saturated rings. The number of nitrogens with one attached hydrogen (secondary N) is 2. The Bertz CT molecular complexity index is 1720. The second-order valence-electron chi connectivity index (χ2n) is 11.3. The summed E-state index contributed by atoms with van der Waals surface area (Å²) in [6.07, 6.45) is 2.26. The van der Waals surface area contributed by atoms with Crippen molar-refractivity contribution in [1.29, 1.82) is 0 Å². The van der Waals surface area contributed by atoms with Gasteiger partial charge in [0.25, 0.3) is 5.91 Å². The zero-order chi connectivity index (χ0) is 34.6. The molecule has 3 N–H and O–H groups in total. The smallest absolute Gasteiger partial charge is 0.347 e. The Hall–Kier alpha value is -4.49. The lowest BCUT2D eigenvalue weighted by Crippen LogP contribution is -2.73. The number of esters is 1. The monoisotopic (exact) mass is 709 g/mol. The Morgan fingerprint density at radius 1 is 1.23 bits per heavy atom. The molecule has 0 spiro atoms. The minimum absolute atomic E-state index is 0.0171. The molecule has 19 heteroatoms. The molecule has 3 atom stereocenters. The van der Waals surface area contributed by atoms with Crippen molar-refractivity contribution in [1.82, 2.24) is 15.2 Å². The molecule has 2 unspecified atom stereocenters. The van der Waals surface area contributed by atoms with Gasteiger partial charge in [-0.3, -0.25) is 19.2 Å². The fourth-order valence-corrected chi connectivity index (χ4v) is 7.27. The number of carbonyl (C=O) groups excluding carboxylic acids is 4. The molecule has 0 radical (unpaired) electrons. The Kier molecular flexibility index (Phi) is 10.6. The fraction of sp³-hybridized carbons (Fsp3) is 0.393. The van der Waals surface area contributed by atoms with Crippen molar-refractivity contribution >= 4 is 74.2 Å². The van der Waals surface area contributed by atoms with Crippen molar-refractivity contribution in [2.75, 3.05) is 24.2 Å². The van der Waals surface area contributed by atoms with Gasteiger partial charge in [0.05, 0.1) is 0 Å². The summed E-state index contributed by atoms with van der Waals surface area (Å²) in [6, 6.07) is 4.82. The summed E-state index contributed by atoms with van der Waals surface area (Å²) in [4.78, 5) is 71.9. The topological polar surface area (TPSA) is 220 Å². The molecular weight excluding hydrogens is 679 g/mol. The number of benzene rings is 1. The van der Waals surface area contributed by atoms with Crippen LogP contribution in [0.25, 0.3) is 0 Å². The van der Waals surface area contributed by atoms with Gasteiger partial charge in [-0.15, -0.1) is 23.1 Å². The molecule has 1 aromatic carbocycles. The van der Waals surface area contributed by atoms with E-state index in [2.05, 4.69) is 20.8 Å².